The number of para-hydroxylation sites is 4. The predicted octanol–water partition coefficient (Wildman–Crippen LogP) is 12.3. The Bertz CT molecular complexity index is 3190. The van der Waals surface area contributed by atoms with E-state index in [0.29, 0.717) is 0 Å². The van der Waals surface area contributed by atoms with Gasteiger partial charge >= 0.3 is 19.2 Å². The molecule has 0 unspecified atom stereocenters. The highest BCUT2D eigenvalue weighted by molar-refractivity contribution is 8.27. The first-order chi connectivity index (χ1) is 31.3. The van der Waals surface area contributed by atoms with Crippen LogP contribution >= 0.6 is 23.2 Å². The molecule has 0 saturated carbocycles. The summed E-state index contributed by atoms with van der Waals surface area (Å²) in [7, 11) is 0. The number of rotatable bonds is 4. The molecule has 6 aliphatic rings. The maximum absolute atomic E-state index is 2.68. The largest absolute Gasteiger partial charge is 0.422 e. The molecule has 0 fully saturated rings. The van der Waals surface area contributed by atoms with Crippen LogP contribution < -0.4 is 35.6 Å². The van der Waals surface area contributed by atoms with Crippen molar-refractivity contribution in [1.29, 1.82) is 0 Å². The van der Waals surface area contributed by atoms with E-state index >= 15 is 0 Å². The monoisotopic (exact) mass is 834 g/mol. The van der Waals surface area contributed by atoms with Crippen molar-refractivity contribution in [1.82, 2.24) is 0 Å². The van der Waals surface area contributed by atoms with Crippen molar-refractivity contribution >= 4 is 104 Å². The summed E-state index contributed by atoms with van der Waals surface area (Å²) in [4.78, 5) is 13.3. The molecule has 6 heterocycles. The number of hydrogen-bond donors (Lipinski definition) is 0. The molecule has 0 N–H and O–H groups in total. The predicted molar refractivity (Wildman–Crippen MR) is 270 cm³/mol. The van der Waals surface area contributed by atoms with Crippen LogP contribution in [0.5, 0.6) is 0 Å². The van der Waals surface area contributed by atoms with Crippen LogP contribution in [0.1, 0.15) is 0 Å². The minimum absolute atomic E-state index is 0.00661. The van der Waals surface area contributed by atoms with Crippen molar-refractivity contribution in [2.45, 2.75) is 9.79 Å². The van der Waals surface area contributed by atoms with Crippen molar-refractivity contribution in [2.24, 2.45) is 0 Å². The zero-order valence-corrected chi connectivity index (χ0v) is 35.5. The Morgan fingerprint density at radius 2 is 0.635 bits per heavy atom. The van der Waals surface area contributed by atoms with Gasteiger partial charge in [-0.1, -0.05) is 121 Å². The molecule has 0 radical (unpaired) electrons. The third-order valence-electron chi connectivity index (χ3n) is 14.0. The van der Waals surface area contributed by atoms with E-state index in [0.717, 1.165) is 0 Å². The molecule has 290 valence electrons. The van der Waals surface area contributed by atoms with Crippen LogP contribution in [-0.4, -0.2) is 19.2 Å². The summed E-state index contributed by atoms with van der Waals surface area (Å²) in [5.74, 6) is 0. The molecule has 9 heteroatoms. The van der Waals surface area contributed by atoms with E-state index in [1.165, 1.54) is 116 Å². The Hall–Kier alpha value is -6.93. The van der Waals surface area contributed by atoms with Gasteiger partial charge in [0.1, 0.15) is 0 Å². The molecule has 0 amide bonds. The first-order valence-corrected chi connectivity index (χ1v) is 23.5. The zero-order chi connectivity index (χ0) is 40.9. The number of nitrogens with zero attached hydrogens (tertiary/aromatic N) is 4. The van der Waals surface area contributed by atoms with Gasteiger partial charge in [-0.3, -0.25) is 0 Å². The first kappa shape index (κ1) is 34.6. The van der Waals surface area contributed by atoms with Gasteiger partial charge in [-0.15, -0.1) is 23.2 Å². The van der Waals surface area contributed by atoms with Crippen molar-refractivity contribution in [2.75, 3.05) is 19.2 Å². The standard InChI is InChI=1S/C54H33B3N4S2/c1-5-17-34(18-6-1)58-42-31-29-40-38-25-13-15-27-46(38)62-56-52(40)48(42)50-44(60(56)36-21-9-3-10-22-36)33-45-51-49-43(59(55(58)54(50)51)35-19-7-2-8-20-35)32-30-41-39-26-14-16-28-47(39)63-57(53(41)49)61(45)37-23-11-4-12-24-37/h1-33H. The molecule has 15 rings (SSSR count). The fourth-order valence-corrected chi connectivity index (χ4v) is 14.4. The molecule has 4 nitrogen and oxygen atoms in total. The normalized spacial score (nSPS) is 15.0. The molecule has 9 aromatic rings. The molecule has 0 aromatic heterocycles. The lowest BCUT2D eigenvalue weighted by Gasteiger charge is -2.54. The van der Waals surface area contributed by atoms with E-state index in [1.54, 1.807) is 0 Å². The summed E-state index contributed by atoms with van der Waals surface area (Å²) in [5, 5.41) is 0. The summed E-state index contributed by atoms with van der Waals surface area (Å²) in [5.41, 5.74) is 24.6. The number of fused-ring (bicyclic) bond motifs is 4. The first-order valence-electron chi connectivity index (χ1n) is 21.8. The highest BCUT2D eigenvalue weighted by atomic mass is 32.2. The van der Waals surface area contributed by atoms with E-state index in [9.17, 15) is 0 Å². The second-order valence-corrected chi connectivity index (χ2v) is 19.3. The Morgan fingerprint density at radius 3 is 1.05 bits per heavy atom. The molecule has 0 aliphatic carbocycles. The fraction of sp³-hybridized carbons (Fsp3) is 0. The summed E-state index contributed by atoms with van der Waals surface area (Å²) in [6.07, 6.45) is 0.0132. The number of hydrogen-bond acceptors (Lipinski definition) is 6. The average Bonchev–Trinajstić information content (AvgIpc) is 3.35. The second kappa shape index (κ2) is 12.8. The van der Waals surface area contributed by atoms with E-state index in [-0.39, 0.29) is 19.2 Å². The van der Waals surface area contributed by atoms with Crippen LogP contribution in [0.3, 0.4) is 0 Å². The van der Waals surface area contributed by atoms with E-state index in [1.807, 2.05) is 23.2 Å². The third-order valence-corrected chi connectivity index (χ3v) is 16.5. The average molecular weight is 834 g/mol. The van der Waals surface area contributed by atoms with Crippen molar-refractivity contribution in [3.05, 3.63) is 200 Å². The van der Waals surface area contributed by atoms with Crippen LogP contribution in [0.2, 0.25) is 0 Å². The van der Waals surface area contributed by atoms with E-state index < -0.39 is 0 Å². The van der Waals surface area contributed by atoms with E-state index in [2.05, 4.69) is 219 Å². The maximum Gasteiger partial charge on any atom is 0.422 e. The minimum Gasteiger partial charge on any atom is -0.371 e. The van der Waals surface area contributed by atoms with Gasteiger partial charge in [0.15, 0.2) is 0 Å². The van der Waals surface area contributed by atoms with E-state index in [4.69, 9.17) is 0 Å². The topological polar surface area (TPSA) is 13.0 Å². The van der Waals surface area contributed by atoms with Crippen molar-refractivity contribution < 1.29 is 0 Å². The van der Waals surface area contributed by atoms with Crippen molar-refractivity contribution in [3.8, 4) is 44.5 Å². The Morgan fingerprint density at radius 1 is 0.286 bits per heavy atom. The quantitative estimate of drug-likeness (QED) is 0.163. The summed E-state index contributed by atoms with van der Waals surface area (Å²) in [6, 6.07) is 75.0. The van der Waals surface area contributed by atoms with Gasteiger partial charge in [-0.2, -0.15) is 0 Å². The van der Waals surface area contributed by atoms with Gasteiger partial charge in [0.2, 0.25) is 0 Å². The van der Waals surface area contributed by atoms with Gasteiger partial charge in [0.05, 0.1) is 0 Å². The van der Waals surface area contributed by atoms with Gasteiger partial charge < -0.3 is 19.2 Å². The molecule has 0 bridgehead atoms. The van der Waals surface area contributed by atoms with Gasteiger partial charge in [-0.25, -0.2) is 0 Å². The van der Waals surface area contributed by atoms with Gasteiger partial charge in [-0.05, 0) is 118 Å². The van der Waals surface area contributed by atoms with Crippen LogP contribution in [0.25, 0.3) is 44.5 Å². The molecule has 0 saturated heterocycles. The maximum atomic E-state index is 2.68. The summed E-state index contributed by atoms with van der Waals surface area (Å²) in [6.45, 7) is -0.204. The lowest BCUT2D eigenvalue weighted by atomic mass is 9.48. The molecule has 0 spiro atoms. The minimum atomic E-state index is -0.204. The Balaban J connectivity index is 1.17. The summed E-state index contributed by atoms with van der Waals surface area (Å²) < 4.78 is 0. The smallest absolute Gasteiger partial charge is 0.371 e. The third kappa shape index (κ3) is 4.53. The SMILES string of the molecule is c1ccc(N2B3c4c5c(cc6c4-c4c(ccc7c4B(Sc4ccccc4-7)N6c4ccccc4)N3c3ccccc3)N(c3ccccc3)B3Sc4ccccc4-c4ccc2c-5c43)cc1. The number of benzene rings is 9. The molecule has 6 aliphatic heterocycles. The van der Waals surface area contributed by atoms with Crippen LogP contribution in [-0.2, 0) is 0 Å². The van der Waals surface area contributed by atoms with Crippen molar-refractivity contribution in [3.63, 3.8) is 0 Å². The summed E-state index contributed by atoms with van der Waals surface area (Å²) >= 11 is 3.98. The molecular formula is C54H33B3N4S2. The molecular weight excluding hydrogens is 801 g/mol. The highest BCUT2D eigenvalue weighted by Gasteiger charge is 2.57. The molecule has 9 aromatic carbocycles. The zero-order valence-electron chi connectivity index (χ0n) is 33.9. The van der Waals surface area contributed by atoms with Crippen LogP contribution in [0.15, 0.2) is 210 Å². The van der Waals surface area contributed by atoms with Crippen LogP contribution in [0, 0.1) is 0 Å². The second-order valence-electron chi connectivity index (χ2n) is 17.0. The number of anilines is 8. The van der Waals surface area contributed by atoms with Crippen LogP contribution in [0.4, 0.5) is 45.5 Å². The lowest BCUT2D eigenvalue weighted by molar-refractivity contribution is 1.24. The van der Waals surface area contributed by atoms with Gasteiger partial charge in [0.25, 0.3) is 0 Å². The molecule has 63 heavy (non-hydrogen) atoms. The highest BCUT2D eigenvalue weighted by Crippen LogP contribution is 2.61. The molecule has 0 atom stereocenters. The van der Waals surface area contributed by atoms with Gasteiger partial charge in [0, 0.05) is 77.5 Å². The Kier molecular flexibility index (Phi) is 7.05. The fourth-order valence-electron chi connectivity index (χ4n) is 11.6. The lowest BCUT2D eigenvalue weighted by Crippen LogP contribution is -2.66. The Labute approximate surface area is 375 Å².